The third-order valence-corrected chi connectivity index (χ3v) is 9.73. The highest BCUT2D eigenvalue weighted by molar-refractivity contribution is 7.99. The Hall–Kier alpha value is -3.15. The van der Waals surface area contributed by atoms with Crippen LogP contribution in [0.2, 0.25) is 0 Å². The lowest BCUT2D eigenvalue weighted by atomic mass is 9.83. The quantitative estimate of drug-likeness (QED) is 0.227. The second kappa shape index (κ2) is 18.1. The van der Waals surface area contributed by atoms with Crippen LogP contribution >= 0.6 is 11.8 Å². The van der Waals surface area contributed by atoms with Crippen molar-refractivity contribution in [2.75, 3.05) is 18.8 Å². The lowest BCUT2D eigenvalue weighted by Crippen LogP contribution is -2.54. The number of pyridine rings is 1. The maximum Gasteiger partial charge on any atom is 0.410 e. The summed E-state index contributed by atoms with van der Waals surface area (Å²) < 4.78 is 5.73. The Morgan fingerprint density at radius 2 is 1.71 bits per heavy atom. The van der Waals surface area contributed by atoms with E-state index in [-0.39, 0.29) is 18.4 Å². The number of amides is 3. The molecule has 1 aliphatic heterocycles. The molecule has 1 saturated heterocycles. The average molecular weight is 640 g/mol. The second-order valence-electron chi connectivity index (χ2n) is 12.3. The summed E-state index contributed by atoms with van der Waals surface area (Å²) in [7, 11) is 0. The minimum Gasteiger partial charge on any atom is -0.436 e. The van der Waals surface area contributed by atoms with E-state index in [1.165, 1.54) is 6.42 Å². The van der Waals surface area contributed by atoms with Crippen LogP contribution in [-0.4, -0.2) is 82.1 Å². The van der Waals surface area contributed by atoms with Gasteiger partial charge >= 0.3 is 6.09 Å². The van der Waals surface area contributed by atoms with E-state index in [2.05, 4.69) is 15.6 Å². The third-order valence-electron chi connectivity index (χ3n) is 8.75. The number of hydrogen-bond donors (Lipinski definition) is 4. The van der Waals surface area contributed by atoms with Gasteiger partial charge < -0.3 is 31.1 Å². The molecule has 3 amide bonds. The van der Waals surface area contributed by atoms with Crippen LogP contribution in [0, 0.1) is 5.92 Å². The maximum absolute atomic E-state index is 13.5. The third kappa shape index (κ3) is 11.6. The van der Waals surface area contributed by atoms with E-state index in [0.29, 0.717) is 50.4 Å². The van der Waals surface area contributed by atoms with Crippen molar-refractivity contribution in [1.82, 2.24) is 20.5 Å². The first-order valence-corrected chi connectivity index (χ1v) is 17.3. The smallest absolute Gasteiger partial charge is 0.410 e. The van der Waals surface area contributed by atoms with Crippen LogP contribution in [0.15, 0.2) is 59.8 Å². The summed E-state index contributed by atoms with van der Waals surface area (Å²) in [5.74, 6) is 0.179. The second-order valence-corrected chi connectivity index (χ2v) is 13.5. The first kappa shape index (κ1) is 34.7. The first-order chi connectivity index (χ1) is 21.8. The molecule has 45 heavy (non-hydrogen) atoms. The Labute approximate surface area is 271 Å². The summed E-state index contributed by atoms with van der Waals surface area (Å²) in [6.07, 6.45) is 7.77. The summed E-state index contributed by atoms with van der Waals surface area (Å²) in [5, 5.41) is 17.9. The molecule has 1 unspecified atom stereocenters. The number of nitrogens with two attached hydrogens (primary N) is 1. The van der Waals surface area contributed by atoms with Gasteiger partial charge in [-0.05, 0) is 56.2 Å². The fourth-order valence-electron chi connectivity index (χ4n) is 5.99. The minimum atomic E-state index is -1.11. The van der Waals surface area contributed by atoms with Crippen molar-refractivity contribution in [2.45, 2.75) is 106 Å². The summed E-state index contributed by atoms with van der Waals surface area (Å²) in [5.41, 5.74) is 6.82. The van der Waals surface area contributed by atoms with Gasteiger partial charge in [0.25, 0.3) is 5.91 Å². The highest BCUT2D eigenvalue weighted by Gasteiger charge is 2.32. The van der Waals surface area contributed by atoms with Gasteiger partial charge in [0.1, 0.15) is 6.04 Å². The van der Waals surface area contributed by atoms with Gasteiger partial charge in [0.15, 0.2) is 6.10 Å². The molecule has 2 aromatic rings. The van der Waals surface area contributed by atoms with E-state index in [4.69, 9.17) is 10.5 Å². The molecule has 11 heteroatoms. The molecule has 0 bridgehead atoms. The monoisotopic (exact) mass is 639 g/mol. The topological polar surface area (TPSA) is 147 Å². The number of piperidine rings is 1. The van der Waals surface area contributed by atoms with Crippen molar-refractivity contribution in [2.24, 2.45) is 11.7 Å². The fraction of sp³-hybridized carbons (Fsp3) is 0.588. The molecular formula is C34H49N5O5S. The highest BCUT2D eigenvalue weighted by atomic mass is 32.2. The van der Waals surface area contributed by atoms with Crippen LogP contribution in [-0.2, 0) is 20.7 Å². The van der Waals surface area contributed by atoms with Gasteiger partial charge in [0, 0.05) is 37.5 Å². The zero-order valence-corrected chi connectivity index (χ0v) is 27.1. The van der Waals surface area contributed by atoms with Gasteiger partial charge in [-0.2, -0.15) is 0 Å². The average Bonchev–Trinajstić information content (AvgIpc) is 3.05. The molecule has 2 heterocycles. The zero-order valence-electron chi connectivity index (χ0n) is 26.3. The van der Waals surface area contributed by atoms with Crippen LogP contribution < -0.4 is 16.4 Å². The lowest BCUT2D eigenvalue weighted by Gasteiger charge is -2.32. The van der Waals surface area contributed by atoms with Crippen LogP contribution in [0.5, 0.6) is 0 Å². The number of aliphatic hydroxyl groups is 1. The van der Waals surface area contributed by atoms with Crippen molar-refractivity contribution < 1.29 is 24.2 Å². The number of ether oxygens (including phenoxy) is 1. The molecule has 2 aliphatic rings. The van der Waals surface area contributed by atoms with Gasteiger partial charge in [-0.1, -0.05) is 68.5 Å². The van der Waals surface area contributed by atoms with Gasteiger partial charge in [0.05, 0.1) is 17.2 Å². The van der Waals surface area contributed by atoms with Gasteiger partial charge in [0.2, 0.25) is 5.91 Å². The summed E-state index contributed by atoms with van der Waals surface area (Å²) in [6, 6.07) is 13.8. The number of likely N-dealkylation sites (tertiary alicyclic amines) is 1. The van der Waals surface area contributed by atoms with Crippen molar-refractivity contribution in [3.05, 3.63) is 60.3 Å². The molecule has 1 saturated carbocycles. The molecule has 4 atom stereocenters. The lowest BCUT2D eigenvalue weighted by molar-refractivity contribution is -0.134. The van der Waals surface area contributed by atoms with Gasteiger partial charge in [-0.25, -0.2) is 9.78 Å². The van der Waals surface area contributed by atoms with E-state index >= 15 is 0 Å². The Kier molecular flexibility index (Phi) is 14.0. The number of hydrogen-bond acceptors (Lipinski definition) is 8. The van der Waals surface area contributed by atoms with E-state index in [1.54, 1.807) is 29.8 Å². The van der Waals surface area contributed by atoms with Crippen molar-refractivity contribution in [3.8, 4) is 0 Å². The number of rotatable bonds is 14. The molecule has 1 aromatic heterocycles. The van der Waals surface area contributed by atoms with Crippen LogP contribution in [0.1, 0.15) is 70.3 Å². The Bertz CT molecular complexity index is 1190. The fourth-order valence-corrected chi connectivity index (χ4v) is 6.86. The molecule has 0 spiro atoms. The summed E-state index contributed by atoms with van der Waals surface area (Å²) in [4.78, 5) is 45.8. The highest BCUT2D eigenvalue weighted by Crippen LogP contribution is 2.29. The number of nitrogens with zero attached hydrogens (tertiary/aromatic N) is 2. The zero-order chi connectivity index (χ0) is 32.0. The predicted octanol–water partition coefficient (Wildman–Crippen LogP) is 4.06. The van der Waals surface area contributed by atoms with Crippen LogP contribution in [0.4, 0.5) is 4.79 Å². The summed E-state index contributed by atoms with van der Waals surface area (Å²) >= 11 is 1.57. The molecule has 10 nitrogen and oxygen atoms in total. The normalized spacial score (nSPS) is 18.8. The Morgan fingerprint density at radius 3 is 2.40 bits per heavy atom. The van der Waals surface area contributed by atoms with Crippen molar-refractivity contribution in [1.29, 1.82) is 0 Å². The van der Waals surface area contributed by atoms with E-state index in [0.717, 1.165) is 36.3 Å². The van der Waals surface area contributed by atoms with E-state index in [9.17, 15) is 19.5 Å². The van der Waals surface area contributed by atoms with E-state index < -0.39 is 36.3 Å². The van der Waals surface area contributed by atoms with E-state index in [1.807, 2.05) is 48.5 Å². The number of carbonyl (C=O) groups is 3. The van der Waals surface area contributed by atoms with Crippen molar-refractivity contribution >= 4 is 29.7 Å². The molecule has 2 fully saturated rings. The predicted molar refractivity (Wildman–Crippen MR) is 176 cm³/mol. The Balaban J connectivity index is 1.36. The number of benzene rings is 1. The molecular weight excluding hydrogens is 590 g/mol. The van der Waals surface area contributed by atoms with Gasteiger partial charge in [-0.15, -0.1) is 11.8 Å². The number of thioether (sulfide) groups is 1. The molecule has 5 N–H and O–H groups in total. The number of aliphatic hydroxyl groups excluding tert-OH is 1. The number of aromatic nitrogens is 1. The van der Waals surface area contributed by atoms with Crippen molar-refractivity contribution in [3.63, 3.8) is 0 Å². The molecule has 0 radical (unpaired) electrons. The maximum atomic E-state index is 13.5. The standard InChI is InChI=1S/C34H49N5O5S/c1-24(37-33(42)30(23-26-12-6-3-7-13-26)44-34(43)39-19-15-27(35)16-20-39)32(41)38-28(22-25-10-4-2-5-11-25)29(40)17-21-45-31-14-8-9-18-36-31/h3,6-9,12-14,18,24-25,27-30,40H,2,4-5,10-11,15-17,19-23,35H2,1H3,(H,37,42)(H,38,41)/t24?,28-,29-,30-/m0/s1. The molecule has 1 aromatic carbocycles. The largest absolute Gasteiger partial charge is 0.436 e. The van der Waals surface area contributed by atoms with Crippen LogP contribution in [0.3, 0.4) is 0 Å². The molecule has 4 rings (SSSR count). The Morgan fingerprint density at radius 1 is 1.00 bits per heavy atom. The van der Waals surface area contributed by atoms with Gasteiger partial charge in [-0.3, -0.25) is 9.59 Å². The number of carbonyl (C=O) groups excluding carboxylic acids is 3. The SMILES string of the molecule is CC(NC(=O)[C@H](Cc1ccccc1)OC(=O)N1CCC(N)CC1)C(=O)N[C@@H](CC1CCCCC1)[C@@H](O)CCSc1ccccn1. The number of nitrogens with one attached hydrogen (secondary N) is 2. The molecule has 246 valence electrons. The first-order valence-electron chi connectivity index (χ1n) is 16.4. The summed E-state index contributed by atoms with van der Waals surface area (Å²) in [6.45, 7) is 2.56. The minimum absolute atomic E-state index is 0.0527. The van der Waals surface area contributed by atoms with Crippen LogP contribution in [0.25, 0.3) is 0 Å². The molecule has 1 aliphatic carbocycles.